The molecule has 0 saturated heterocycles. The van der Waals surface area contributed by atoms with Crippen LogP contribution in [0.4, 0.5) is 0 Å². The molecule has 1 N–H and O–H groups in total. The summed E-state index contributed by atoms with van der Waals surface area (Å²) in [5, 5.41) is 3.21. The molecule has 0 amide bonds. The maximum Gasteiger partial charge on any atom is 0.339 e. The third-order valence-corrected chi connectivity index (χ3v) is 4.05. The van der Waals surface area contributed by atoms with Crippen LogP contribution in [0.15, 0.2) is 46.7 Å². The summed E-state index contributed by atoms with van der Waals surface area (Å²) in [4.78, 5) is 24.4. The van der Waals surface area contributed by atoms with Crippen molar-refractivity contribution < 1.29 is 23.8 Å². The Morgan fingerprint density at radius 2 is 1.54 bits per heavy atom. The highest BCUT2D eigenvalue weighted by molar-refractivity contribution is 6.00. The van der Waals surface area contributed by atoms with E-state index in [1.807, 2.05) is 24.3 Å². The molecule has 1 atom stereocenters. The predicted octanol–water partition coefficient (Wildman–Crippen LogP) is 2.28. The van der Waals surface area contributed by atoms with Crippen LogP contribution in [0.1, 0.15) is 25.5 Å². The highest BCUT2D eigenvalue weighted by atomic mass is 16.5. The van der Waals surface area contributed by atoms with Gasteiger partial charge in [-0.25, -0.2) is 9.59 Å². The molecule has 0 spiro atoms. The molecule has 0 saturated carbocycles. The lowest BCUT2D eigenvalue weighted by atomic mass is 9.87. The first-order valence-corrected chi connectivity index (χ1v) is 7.43. The molecule has 0 radical (unpaired) electrons. The highest BCUT2D eigenvalue weighted by Gasteiger charge is 2.34. The maximum atomic E-state index is 12.3. The Labute approximate surface area is 141 Å². The summed E-state index contributed by atoms with van der Waals surface area (Å²) in [7, 11) is 4.22. The van der Waals surface area contributed by atoms with Gasteiger partial charge in [0, 0.05) is 5.70 Å². The number of esters is 2. The quantitative estimate of drug-likeness (QED) is 0.853. The Kier molecular flexibility index (Phi) is 5.28. The Morgan fingerprint density at radius 1 is 0.958 bits per heavy atom. The standard InChI is InChI=1S/C18H21NO5/c1-10-14(17(20)23-4)11(2)19-16(15(10)18(21)24-5)12-6-8-13(22-3)9-7-12/h6-9,16,19H,1-5H3. The van der Waals surface area contributed by atoms with Gasteiger partial charge in [-0.2, -0.15) is 0 Å². The van der Waals surface area contributed by atoms with E-state index in [9.17, 15) is 9.59 Å². The number of ether oxygens (including phenoxy) is 3. The Bertz CT molecular complexity index is 715. The fraction of sp³-hybridized carbons (Fsp3) is 0.333. The Morgan fingerprint density at radius 3 is 2.04 bits per heavy atom. The van der Waals surface area contributed by atoms with Crippen LogP contribution in [0.2, 0.25) is 0 Å². The van der Waals surface area contributed by atoms with Crippen LogP contribution >= 0.6 is 0 Å². The van der Waals surface area contributed by atoms with Gasteiger partial charge in [0.2, 0.25) is 0 Å². The summed E-state index contributed by atoms with van der Waals surface area (Å²) in [6.07, 6.45) is 0. The number of hydrogen-bond acceptors (Lipinski definition) is 6. The Balaban J connectivity index is 2.55. The molecule has 0 bridgehead atoms. The molecule has 1 aromatic rings. The lowest BCUT2D eigenvalue weighted by Crippen LogP contribution is -2.33. The average Bonchev–Trinajstić information content (AvgIpc) is 2.60. The van der Waals surface area contributed by atoms with Gasteiger partial charge in [-0.1, -0.05) is 12.1 Å². The number of rotatable bonds is 4. The normalized spacial score (nSPS) is 17.3. The number of nitrogens with one attached hydrogen (secondary N) is 1. The minimum absolute atomic E-state index is 0.350. The molecule has 0 aliphatic carbocycles. The van der Waals surface area contributed by atoms with Gasteiger partial charge < -0.3 is 19.5 Å². The molecule has 1 aliphatic heterocycles. The second-order valence-corrected chi connectivity index (χ2v) is 5.37. The van der Waals surface area contributed by atoms with E-state index >= 15 is 0 Å². The topological polar surface area (TPSA) is 73.9 Å². The molecular formula is C18H21NO5. The van der Waals surface area contributed by atoms with Crippen molar-refractivity contribution in [2.45, 2.75) is 19.9 Å². The summed E-state index contributed by atoms with van der Waals surface area (Å²) in [5.41, 5.74) is 2.79. The second kappa shape index (κ2) is 7.21. The molecule has 2 rings (SSSR count). The van der Waals surface area contributed by atoms with Crippen LogP contribution in [-0.2, 0) is 19.1 Å². The van der Waals surface area contributed by atoms with Gasteiger partial charge in [0.05, 0.1) is 38.5 Å². The molecule has 0 aromatic heterocycles. The van der Waals surface area contributed by atoms with E-state index in [0.29, 0.717) is 22.4 Å². The van der Waals surface area contributed by atoms with Crippen molar-refractivity contribution >= 4 is 11.9 Å². The zero-order valence-corrected chi connectivity index (χ0v) is 14.4. The van der Waals surface area contributed by atoms with E-state index in [1.165, 1.54) is 14.2 Å². The van der Waals surface area contributed by atoms with Gasteiger partial charge in [-0.05, 0) is 37.1 Å². The summed E-state index contributed by atoms with van der Waals surface area (Å²) in [6.45, 7) is 3.50. The smallest absolute Gasteiger partial charge is 0.339 e. The maximum absolute atomic E-state index is 12.3. The number of dihydropyridines is 1. The van der Waals surface area contributed by atoms with Gasteiger partial charge in [-0.3, -0.25) is 0 Å². The van der Waals surface area contributed by atoms with Crippen molar-refractivity contribution in [3.05, 3.63) is 52.2 Å². The van der Waals surface area contributed by atoms with Crippen molar-refractivity contribution in [3.63, 3.8) is 0 Å². The molecular weight excluding hydrogens is 310 g/mol. The predicted molar refractivity (Wildman–Crippen MR) is 88.3 cm³/mol. The molecule has 1 aromatic carbocycles. The van der Waals surface area contributed by atoms with Crippen LogP contribution in [0.5, 0.6) is 5.75 Å². The van der Waals surface area contributed by atoms with Crippen LogP contribution < -0.4 is 10.1 Å². The summed E-state index contributed by atoms with van der Waals surface area (Å²) >= 11 is 0. The van der Waals surface area contributed by atoms with Gasteiger partial charge in [0.1, 0.15) is 5.75 Å². The lowest BCUT2D eigenvalue weighted by Gasteiger charge is -2.30. The van der Waals surface area contributed by atoms with E-state index in [-0.39, 0.29) is 0 Å². The van der Waals surface area contributed by atoms with Crippen molar-refractivity contribution in [1.82, 2.24) is 5.32 Å². The summed E-state index contributed by atoms with van der Waals surface area (Å²) in [6, 6.07) is 6.94. The average molecular weight is 331 g/mol. The second-order valence-electron chi connectivity index (χ2n) is 5.37. The number of benzene rings is 1. The zero-order chi connectivity index (χ0) is 17.9. The van der Waals surface area contributed by atoms with E-state index in [0.717, 1.165) is 11.3 Å². The van der Waals surface area contributed by atoms with Gasteiger partial charge in [0.15, 0.2) is 0 Å². The van der Waals surface area contributed by atoms with Gasteiger partial charge >= 0.3 is 11.9 Å². The van der Waals surface area contributed by atoms with Gasteiger partial charge in [0.25, 0.3) is 0 Å². The third-order valence-electron chi connectivity index (χ3n) is 4.05. The lowest BCUT2D eigenvalue weighted by molar-refractivity contribution is -0.136. The summed E-state index contributed by atoms with van der Waals surface area (Å²) < 4.78 is 14.9. The highest BCUT2D eigenvalue weighted by Crippen LogP contribution is 2.35. The van der Waals surface area contributed by atoms with Crippen LogP contribution in [0.25, 0.3) is 0 Å². The minimum Gasteiger partial charge on any atom is -0.497 e. The van der Waals surface area contributed by atoms with Crippen molar-refractivity contribution in [2.75, 3.05) is 21.3 Å². The van der Waals surface area contributed by atoms with E-state index < -0.39 is 18.0 Å². The molecule has 1 aliphatic rings. The molecule has 6 heteroatoms. The van der Waals surface area contributed by atoms with Crippen molar-refractivity contribution in [1.29, 1.82) is 0 Å². The first-order valence-electron chi connectivity index (χ1n) is 7.43. The zero-order valence-electron chi connectivity index (χ0n) is 14.4. The minimum atomic E-state index is -0.493. The molecule has 128 valence electrons. The molecule has 24 heavy (non-hydrogen) atoms. The van der Waals surface area contributed by atoms with Crippen molar-refractivity contribution in [2.24, 2.45) is 0 Å². The molecule has 6 nitrogen and oxygen atoms in total. The number of carbonyl (C=O) groups is 2. The largest absolute Gasteiger partial charge is 0.497 e. The number of carbonyl (C=O) groups excluding carboxylic acids is 2. The van der Waals surface area contributed by atoms with E-state index in [1.54, 1.807) is 21.0 Å². The third kappa shape index (κ3) is 3.13. The van der Waals surface area contributed by atoms with Crippen molar-refractivity contribution in [3.8, 4) is 5.75 Å². The first-order chi connectivity index (χ1) is 11.4. The number of hydrogen-bond donors (Lipinski definition) is 1. The fourth-order valence-electron chi connectivity index (χ4n) is 2.83. The molecule has 1 heterocycles. The fourth-order valence-corrected chi connectivity index (χ4v) is 2.83. The molecule has 0 fully saturated rings. The van der Waals surface area contributed by atoms with E-state index in [4.69, 9.17) is 14.2 Å². The first kappa shape index (κ1) is 17.6. The van der Waals surface area contributed by atoms with Crippen LogP contribution in [0.3, 0.4) is 0 Å². The number of allylic oxidation sites excluding steroid dienone is 1. The van der Waals surface area contributed by atoms with Gasteiger partial charge in [-0.15, -0.1) is 0 Å². The van der Waals surface area contributed by atoms with Crippen LogP contribution in [0, 0.1) is 0 Å². The monoisotopic (exact) mass is 331 g/mol. The SMILES string of the molecule is COC(=O)C1=C(C)NC(c2ccc(OC)cc2)C(C(=O)OC)=C1C. The Hall–Kier alpha value is -2.76. The van der Waals surface area contributed by atoms with Crippen LogP contribution in [-0.4, -0.2) is 33.3 Å². The summed E-state index contributed by atoms with van der Waals surface area (Å²) in [5.74, 6) is -0.265. The van der Waals surface area contributed by atoms with E-state index in [2.05, 4.69) is 5.32 Å². The molecule has 1 unspecified atom stereocenters. The number of methoxy groups -OCH3 is 3.